The average molecular weight is 341 g/mol. The largest absolute Gasteiger partial charge is 0.470 e. The molecule has 4 atom stereocenters. The number of piperidine rings is 1. The second-order valence-electron chi connectivity index (χ2n) is 6.78. The number of pyridine rings is 1. The number of anilines is 2. The van der Waals surface area contributed by atoms with Crippen LogP contribution in [0.25, 0.3) is 0 Å². The van der Waals surface area contributed by atoms with Crippen LogP contribution >= 0.6 is 0 Å². The first-order chi connectivity index (χ1) is 12.0. The number of allylic oxidation sites excluding steroid dienone is 2. The first-order valence-electron chi connectivity index (χ1n) is 8.49. The van der Waals surface area contributed by atoms with Crippen molar-refractivity contribution >= 4 is 11.4 Å². The molecule has 7 nitrogen and oxygen atoms in total. The highest BCUT2D eigenvalue weighted by atomic mass is 16.5. The summed E-state index contributed by atoms with van der Waals surface area (Å²) in [5.74, 6) is 0.850. The van der Waals surface area contributed by atoms with Crippen molar-refractivity contribution < 1.29 is 9.84 Å². The van der Waals surface area contributed by atoms with Crippen LogP contribution in [0.3, 0.4) is 0 Å². The summed E-state index contributed by atoms with van der Waals surface area (Å²) in [4.78, 5) is 8.54. The Hall–Kier alpha value is -2.35. The second-order valence-corrected chi connectivity index (χ2v) is 6.78. The molecule has 5 N–H and O–H groups in total. The third-order valence-electron chi connectivity index (χ3n) is 4.92. The Morgan fingerprint density at radius 1 is 1.28 bits per heavy atom. The topological polar surface area (TPSA) is 101 Å². The van der Waals surface area contributed by atoms with Crippen molar-refractivity contribution in [2.45, 2.75) is 25.3 Å². The normalized spacial score (nSPS) is 31.4. The first-order valence-corrected chi connectivity index (χ1v) is 8.49. The molecule has 1 saturated heterocycles. The monoisotopic (exact) mass is 341 g/mol. The highest BCUT2D eigenvalue weighted by Crippen LogP contribution is 2.38. The van der Waals surface area contributed by atoms with E-state index in [2.05, 4.69) is 9.88 Å². The van der Waals surface area contributed by atoms with E-state index < -0.39 is 12.3 Å². The minimum atomic E-state index is -0.477. The number of nitrogens with two attached hydrogens (primary N) is 2. The number of aliphatic hydroxyl groups is 1. The lowest BCUT2D eigenvalue weighted by atomic mass is 9.92. The van der Waals surface area contributed by atoms with Crippen molar-refractivity contribution in [2.75, 3.05) is 22.9 Å². The van der Waals surface area contributed by atoms with Gasteiger partial charge in [-0.2, -0.15) is 0 Å². The van der Waals surface area contributed by atoms with Gasteiger partial charge in [0.1, 0.15) is 5.76 Å². The molecule has 0 aromatic carbocycles. The van der Waals surface area contributed by atoms with E-state index in [0.717, 1.165) is 29.4 Å². The van der Waals surface area contributed by atoms with E-state index in [1.54, 1.807) is 6.20 Å². The van der Waals surface area contributed by atoms with Crippen LogP contribution in [0.15, 0.2) is 54.3 Å². The lowest BCUT2D eigenvalue weighted by Gasteiger charge is -2.41. The molecule has 1 aromatic heterocycles. The molecule has 4 unspecified atom stereocenters. The van der Waals surface area contributed by atoms with Gasteiger partial charge in [0.05, 0.1) is 29.4 Å². The summed E-state index contributed by atoms with van der Waals surface area (Å²) in [5.41, 5.74) is 14.9. The Kier molecular flexibility index (Phi) is 3.99. The molecule has 1 aromatic rings. The molecular weight excluding hydrogens is 318 g/mol. The van der Waals surface area contributed by atoms with E-state index in [4.69, 9.17) is 16.2 Å². The number of nitrogens with zero attached hydrogens (tertiary/aromatic N) is 3. The van der Waals surface area contributed by atoms with E-state index >= 15 is 0 Å². The summed E-state index contributed by atoms with van der Waals surface area (Å²) in [7, 11) is 0. The number of aromatic nitrogens is 1. The minimum absolute atomic E-state index is 0.0968. The number of fused-ring (bicyclic) bond motifs is 1. The van der Waals surface area contributed by atoms with Crippen molar-refractivity contribution in [3.05, 3.63) is 54.3 Å². The van der Waals surface area contributed by atoms with E-state index in [0.29, 0.717) is 6.54 Å². The van der Waals surface area contributed by atoms with Crippen molar-refractivity contribution in [3.8, 4) is 0 Å². The van der Waals surface area contributed by atoms with E-state index in [1.807, 2.05) is 48.5 Å². The van der Waals surface area contributed by atoms with Gasteiger partial charge in [-0.1, -0.05) is 6.92 Å². The summed E-state index contributed by atoms with van der Waals surface area (Å²) in [5, 5.41) is 10.1. The quantitative estimate of drug-likeness (QED) is 0.726. The molecule has 0 spiro atoms. The summed E-state index contributed by atoms with van der Waals surface area (Å²) >= 11 is 0. The number of rotatable bonds is 2. The van der Waals surface area contributed by atoms with Crippen LogP contribution in [0, 0.1) is 5.92 Å². The molecule has 3 aliphatic heterocycles. The number of hydrogen-bond donors (Lipinski definition) is 3. The van der Waals surface area contributed by atoms with Crippen LogP contribution in [0.1, 0.15) is 6.92 Å². The zero-order valence-corrected chi connectivity index (χ0v) is 14.1. The maximum absolute atomic E-state index is 10.1. The van der Waals surface area contributed by atoms with Gasteiger partial charge >= 0.3 is 0 Å². The van der Waals surface area contributed by atoms with Gasteiger partial charge in [0.15, 0.2) is 6.23 Å². The van der Waals surface area contributed by atoms with Crippen LogP contribution in [-0.2, 0) is 4.74 Å². The van der Waals surface area contributed by atoms with E-state index in [1.165, 1.54) is 0 Å². The predicted molar refractivity (Wildman–Crippen MR) is 96.4 cm³/mol. The Bertz CT molecular complexity index is 748. The highest BCUT2D eigenvalue weighted by Gasteiger charge is 2.33. The molecule has 132 valence electrons. The van der Waals surface area contributed by atoms with Crippen LogP contribution in [0.2, 0.25) is 0 Å². The highest BCUT2D eigenvalue weighted by molar-refractivity contribution is 5.76. The van der Waals surface area contributed by atoms with Crippen LogP contribution in [-0.4, -0.2) is 41.6 Å². The second kappa shape index (κ2) is 6.18. The summed E-state index contributed by atoms with van der Waals surface area (Å²) < 4.78 is 5.62. The zero-order chi connectivity index (χ0) is 17.6. The predicted octanol–water partition coefficient (Wildman–Crippen LogP) is 0.642. The molecular formula is C18H23N5O2. The molecule has 3 aliphatic rings. The van der Waals surface area contributed by atoms with Gasteiger partial charge in [0.25, 0.3) is 0 Å². The Morgan fingerprint density at radius 2 is 2.12 bits per heavy atom. The smallest absolute Gasteiger partial charge is 0.169 e. The molecule has 0 saturated carbocycles. The van der Waals surface area contributed by atoms with Crippen molar-refractivity contribution in [2.24, 2.45) is 17.4 Å². The average Bonchev–Trinajstić information content (AvgIpc) is 2.99. The third-order valence-corrected chi connectivity index (χ3v) is 4.92. The number of aliphatic hydroxyl groups excluding tert-OH is 1. The van der Waals surface area contributed by atoms with Crippen molar-refractivity contribution in [3.63, 3.8) is 0 Å². The lowest BCUT2D eigenvalue weighted by Crippen LogP contribution is -2.55. The molecule has 0 amide bonds. The molecule has 7 heteroatoms. The standard InChI is InChI=1S/C18H23N5O2/c1-11-9-22(10-12(19)18(11)24)13-4-5-21-8-15(13)23-6-2-3-16-14(23)7-17(20)25-16/h2-8,11-12,17-18,24H,9-10,19-20H2,1H3. The fourth-order valence-corrected chi connectivity index (χ4v) is 3.65. The molecule has 4 heterocycles. The fraction of sp³-hybridized carbons (Fsp3) is 0.389. The molecule has 4 rings (SSSR count). The van der Waals surface area contributed by atoms with Crippen molar-refractivity contribution in [1.29, 1.82) is 0 Å². The van der Waals surface area contributed by atoms with Gasteiger partial charge < -0.3 is 25.4 Å². The summed E-state index contributed by atoms with van der Waals surface area (Å²) in [6.45, 7) is 3.35. The minimum Gasteiger partial charge on any atom is -0.470 e. The Balaban J connectivity index is 1.70. The molecule has 0 radical (unpaired) electrons. The van der Waals surface area contributed by atoms with E-state index in [9.17, 15) is 5.11 Å². The van der Waals surface area contributed by atoms with Crippen LogP contribution in [0.4, 0.5) is 11.4 Å². The molecule has 0 aliphatic carbocycles. The van der Waals surface area contributed by atoms with Gasteiger partial charge in [0.2, 0.25) is 0 Å². The van der Waals surface area contributed by atoms with Crippen LogP contribution < -0.4 is 21.3 Å². The van der Waals surface area contributed by atoms with Gasteiger partial charge in [-0.3, -0.25) is 10.7 Å². The zero-order valence-electron chi connectivity index (χ0n) is 14.1. The SMILES string of the molecule is CC1CN(c2ccncc2N2C=CC=C3OC(N)C=C32)CC(N)C1O. The van der Waals surface area contributed by atoms with Crippen molar-refractivity contribution in [1.82, 2.24) is 4.98 Å². The number of ether oxygens (including phenoxy) is 1. The van der Waals surface area contributed by atoms with Crippen LogP contribution in [0.5, 0.6) is 0 Å². The van der Waals surface area contributed by atoms with Gasteiger partial charge in [0, 0.05) is 37.4 Å². The Labute approximate surface area is 146 Å². The summed E-state index contributed by atoms with van der Waals surface area (Å²) in [6.07, 6.45) is 10.4. The Morgan fingerprint density at radius 3 is 2.92 bits per heavy atom. The maximum atomic E-state index is 10.1. The van der Waals surface area contributed by atoms with Gasteiger partial charge in [-0.15, -0.1) is 0 Å². The lowest BCUT2D eigenvalue weighted by molar-refractivity contribution is 0.0785. The molecule has 25 heavy (non-hydrogen) atoms. The molecule has 1 fully saturated rings. The van der Waals surface area contributed by atoms with E-state index in [-0.39, 0.29) is 12.0 Å². The fourth-order valence-electron chi connectivity index (χ4n) is 3.65. The third kappa shape index (κ3) is 2.80. The molecule has 0 bridgehead atoms. The summed E-state index contributed by atoms with van der Waals surface area (Å²) in [6, 6.07) is 1.70. The van der Waals surface area contributed by atoms with Gasteiger partial charge in [-0.05, 0) is 24.3 Å². The number of hydrogen-bond acceptors (Lipinski definition) is 7. The first kappa shape index (κ1) is 16.1. The van der Waals surface area contributed by atoms with Gasteiger partial charge in [-0.25, -0.2) is 0 Å². The maximum Gasteiger partial charge on any atom is 0.169 e.